The molecule has 0 atom stereocenters. The Morgan fingerprint density at radius 2 is 1.71 bits per heavy atom. The lowest BCUT2D eigenvalue weighted by Gasteiger charge is -2.04. The number of hydrogen-bond acceptors (Lipinski definition) is 0. The fourth-order valence-corrected chi connectivity index (χ4v) is 1.88. The van der Waals surface area contributed by atoms with Gasteiger partial charge in [-0.1, -0.05) is 32.0 Å². The zero-order chi connectivity index (χ0) is 10.1. The number of pyridine rings is 1. The van der Waals surface area contributed by atoms with Gasteiger partial charge in [-0.3, -0.25) is 0 Å². The SMILES string of the molecule is CC(C)c1cc2ccccc2c[n+]1C. The van der Waals surface area contributed by atoms with Crippen molar-refractivity contribution in [2.45, 2.75) is 19.8 Å². The summed E-state index contributed by atoms with van der Waals surface area (Å²) in [5, 5.41) is 2.63. The van der Waals surface area contributed by atoms with Crippen LogP contribution >= 0.6 is 0 Å². The van der Waals surface area contributed by atoms with Gasteiger partial charge in [-0.05, 0) is 11.5 Å². The molecule has 0 aliphatic heterocycles. The molecule has 1 aromatic carbocycles. The minimum Gasteiger partial charge on any atom is -0.204 e. The van der Waals surface area contributed by atoms with Crippen LogP contribution in [-0.4, -0.2) is 0 Å². The summed E-state index contributed by atoms with van der Waals surface area (Å²) in [7, 11) is 2.11. The van der Waals surface area contributed by atoms with Crippen LogP contribution in [0.25, 0.3) is 10.8 Å². The van der Waals surface area contributed by atoms with Crippen LogP contribution in [0, 0.1) is 0 Å². The molecule has 0 saturated carbocycles. The molecular weight excluding hydrogens is 170 g/mol. The molecule has 0 amide bonds. The third kappa shape index (κ3) is 1.50. The number of hydrogen-bond donors (Lipinski definition) is 0. The van der Waals surface area contributed by atoms with E-state index in [1.54, 1.807) is 0 Å². The minimum atomic E-state index is 0.574. The van der Waals surface area contributed by atoms with E-state index in [4.69, 9.17) is 0 Å². The van der Waals surface area contributed by atoms with Gasteiger partial charge in [0.2, 0.25) is 0 Å². The van der Waals surface area contributed by atoms with E-state index in [0.717, 1.165) is 0 Å². The molecule has 1 heteroatoms. The van der Waals surface area contributed by atoms with Crippen molar-refractivity contribution in [1.29, 1.82) is 0 Å². The summed E-state index contributed by atoms with van der Waals surface area (Å²) in [6, 6.07) is 10.8. The summed E-state index contributed by atoms with van der Waals surface area (Å²) in [4.78, 5) is 0. The highest BCUT2D eigenvalue weighted by atomic mass is 14.9. The summed E-state index contributed by atoms with van der Waals surface area (Å²) in [5.41, 5.74) is 1.38. The van der Waals surface area contributed by atoms with Gasteiger partial charge in [0.1, 0.15) is 7.05 Å². The van der Waals surface area contributed by atoms with Gasteiger partial charge in [0, 0.05) is 17.4 Å². The number of aromatic nitrogens is 1. The molecule has 72 valence electrons. The Labute approximate surface area is 85.0 Å². The molecule has 14 heavy (non-hydrogen) atoms. The van der Waals surface area contributed by atoms with Crippen molar-refractivity contribution < 1.29 is 4.57 Å². The lowest BCUT2D eigenvalue weighted by atomic mass is 10.1. The summed E-state index contributed by atoms with van der Waals surface area (Å²) >= 11 is 0. The van der Waals surface area contributed by atoms with E-state index in [1.165, 1.54) is 16.5 Å². The summed E-state index contributed by atoms with van der Waals surface area (Å²) in [6.45, 7) is 4.45. The van der Waals surface area contributed by atoms with Crippen LogP contribution in [0.2, 0.25) is 0 Å². The highest BCUT2D eigenvalue weighted by molar-refractivity contribution is 5.80. The molecule has 0 bridgehead atoms. The predicted molar refractivity (Wildman–Crippen MR) is 59.2 cm³/mol. The first-order valence-electron chi connectivity index (χ1n) is 5.07. The number of fused-ring (bicyclic) bond motifs is 1. The van der Waals surface area contributed by atoms with E-state index in [0.29, 0.717) is 5.92 Å². The van der Waals surface area contributed by atoms with Crippen molar-refractivity contribution in [3.8, 4) is 0 Å². The van der Waals surface area contributed by atoms with Crippen molar-refractivity contribution in [1.82, 2.24) is 0 Å². The fourth-order valence-electron chi connectivity index (χ4n) is 1.88. The third-order valence-electron chi connectivity index (χ3n) is 2.63. The minimum absolute atomic E-state index is 0.574. The number of benzene rings is 1. The molecule has 0 aliphatic carbocycles. The quantitative estimate of drug-likeness (QED) is 0.603. The molecule has 0 spiro atoms. The van der Waals surface area contributed by atoms with Gasteiger partial charge in [-0.2, -0.15) is 0 Å². The standard InChI is InChI=1S/C13H16N/c1-10(2)13-8-11-6-4-5-7-12(11)9-14(13)3/h4-10H,1-3H3/q+1. The summed E-state index contributed by atoms with van der Waals surface area (Å²) in [6.07, 6.45) is 2.20. The van der Waals surface area contributed by atoms with Crippen molar-refractivity contribution in [3.05, 3.63) is 42.2 Å². The molecule has 0 saturated heterocycles. The fraction of sp³-hybridized carbons (Fsp3) is 0.308. The second-order valence-electron chi connectivity index (χ2n) is 4.09. The maximum atomic E-state index is 2.28. The largest absolute Gasteiger partial charge is 0.204 e. The van der Waals surface area contributed by atoms with E-state index in [-0.39, 0.29) is 0 Å². The van der Waals surface area contributed by atoms with E-state index in [2.05, 4.69) is 62.0 Å². The lowest BCUT2D eigenvalue weighted by molar-refractivity contribution is -0.678. The Balaban J connectivity index is 2.71. The molecule has 0 radical (unpaired) electrons. The molecule has 0 aliphatic rings. The van der Waals surface area contributed by atoms with Crippen LogP contribution in [0.4, 0.5) is 0 Å². The second-order valence-corrected chi connectivity index (χ2v) is 4.09. The van der Waals surface area contributed by atoms with Gasteiger partial charge in [-0.15, -0.1) is 0 Å². The molecule has 1 aromatic heterocycles. The average Bonchev–Trinajstić information content (AvgIpc) is 2.16. The Morgan fingerprint density at radius 1 is 1.07 bits per heavy atom. The summed E-state index contributed by atoms with van der Waals surface area (Å²) < 4.78 is 2.22. The molecule has 2 rings (SSSR count). The topological polar surface area (TPSA) is 3.88 Å². The van der Waals surface area contributed by atoms with Crippen LogP contribution in [0.3, 0.4) is 0 Å². The molecule has 1 heterocycles. The number of rotatable bonds is 1. The zero-order valence-electron chi connectivity index (χ0n) is 8.99. The molecule has 0 N–H and O–H groups in total. The Kier molecular flexibility index (Phi) is 2.24. The molecule has 0 unspecified atom stereocenters. The third-order valence-corrected chi connectivity index (χ3v) is 2.63. The van der Waals surface area contributed by atoms with Crippen LogP contribution < -0.4 is 4.57 Å². The predicted octanol–water partition coefficient (Wildman–Crippen LogP) is 2.79. The Bertz CT molecular complexity index is 458. The highest BCUT2D eigenvalue weighted by Gasteiger charge is 2.11. The second kappa shape index (κ2) is 3.41. The van der Waals surface area contributed by atoms with Gasteiger partial charge in [0.05, 0.1) is 0 Å². The van der Waals surface area contributed by atoms with E-state index >= 15 is 0 Å². The van der Waals surface area contributed by atoms with Gasteiger partial charge < -0.3 is 0 Å². The van der Waals surface area contributed by atoms with Crippen molar-refractivity contribution in [2.75, 3.05) is 0 Å². The highest BCUT2D eigenvalue weighted by Crippen LogP contribution is 2.16. The van der Waals surface area contributed by atoms with Crippen molar-refractivity contribution in [3.63, 3.8) is 0 Å². The first kappa shape index (κ1) is 9.20. The van der Waals surface area contributed by atoms with Gasteiger partial charge in [0.15, 0.2) is 11.9 Å². The first-order chi connectivity index (χ1) is 6.68. The van der Waals surface area contributed by atoms with E-state index < -0.39 is 0 Å². The monoisotopic (exact) mass is 186 g/mol. The van der Waals surface area contributed by atoms with Crippen molar-refractivity contribution in [2.24, 2.45) is 7.05 Å². The molecule has 2 aromatic rings. The van der Waals surface area contributed by atoms with Gasteiger partial charge in [-0.25, -0.2) is 4.57 Å². The average molecular weight is 186 g/mol. The Hall–Kier alpha value is -1.37. The van der Waals surface area contributed by atoms with Crippen LogP contribution in [-0.2, 0) is 7.05 Å². The van der Waals surface area contributed by atoms with Crippen LogP contribution in [0.5, 0.6) is 0 Å². The van der Waals surface area contributed by atoms with Crippen molar-refractivity contribution >= 4 is 10.8 Å². The van der Waals surface area contributed by atoms with Crippen LogP contribution in [0.1, 0.15) is 25.5 Å². The normalized spacial score (nSPS) is 11.1. The maximum Gasteiger partial charge on any atom is 0.184 e. The first-order valence-corrected chi connectivity index (χ1v) is 5.07. The smallest absolute Gasteiger partial charge is 0.184 e. The van der Waals surface area contributed by atoms with Gasteiger partial charge in [0.25, 0.3) is 0 Å². The van der Waals surface area contributed by atoms with Crippen LogP contribution in [0.15, 0.2) is 36.5 Å². The van der Waals surface area contributed by atoms with Gasteiger partial charge >= 0.3 is 0 Å². The molecule has 0 fully saturated rings. The molecular formula is C13H16N+. The van der Waals surface area contributed by atoms with E-state index in [1.807, 2.05) is 0 Å². The maximum absolute atomic E-state index is 2.28. The summed E-state index contributed by atoms with van der Waals surface area (Å²) in [5.74, 6) is 0.574. The lowest BCUT2D eigenvalue weighted by Crippen LogP contribution is -2.33. The Morgan fingerprint density at radius 3 is 2.36 bits per heavy atom. The van der Waals surface area contributed by atoms with E-state index in [9.17, 15) is 0 Å². The number of nitrogens with zero attached hydrogens (tertiary/aromatic N) is 1. The molecule has 1 nitrogen and oxygen atoms in total. The number of aryl methyl sites for hydroxylation is 1. The zero-order valence-corrected chi connectivity index (χ0v) is 8.99.